The van der Waals surface area contributed by atoms with Crippen LogP contribution in [0, 0.1) is 11.6 Å². The molecule has 5 nitrogen and oxygen atoms in total. The zero-order valence-corrected chi connectivity index (χ0v) is 10.7. The van der Waals surface area contributed by atoms with Gasteiger partial charge in [-0.25, -0.2) is 13.6 Å². The molecule has 2 aromatic rings. The minimum absolute atomic E-state index is 0.311. The molecule has 2 N–H and O–H groups in total. The molecule has 0 aliphatic rings. The molecular weight excluding hydrogens is 268 g/mol. The van der Waals surface area contributed by atoms with Crippen molar-refractivity contribution in [3.05, 3.63) is 47.3 Å². The van der Waals surface area contributed by atoms with Crippen molar-refractivity contribution in [1.29, 1.82) is 0 Å². The number of carbonyl (C=O) groups is 1. The highest BCUT2D eigenvalue weighted by atomic mass is 19.1. The SMILES string of the molecule is Cn1cc(CCNc2c(F)cc(C(=O)O)cc2F)cn1. The van der Waals surface area contributed by atoms with Gasteiger partial charge in [0.1, 0.15) is 17.3 Å². The summed E-state index contributed by atoms with van der Waals surface area (Å²) in [5.41, 5.74) is 0.194. The Morgan fingerprint density at radius 2 is 2.05 bits per heavy atom. The number of aryl methyl sites for hydroxylation is 1. The Balaban J connectivity index is 2.04. The average molecular weight is 281 g/mol. The molecule has 1 heterocycles. The number of nitrogens with one attached hydrogen (secondary N) is 1. The molecule has 1 aromatic carbocycles. The third-order valence-corrected chi connectivity index (χ3v) is 2.76. The third-order valence-electron chi connectivity index (χ3n) is 2.76. The summed E-state index contributed by atoms with van der Waals surface area (Å²) >= 11 is 0. The second-order valence-electron chi connectivity index (χ2n) is 4.32. The van der Waals surface area contributed by atoms with Gasteiger partial charge < -0.3 is 10.4 Å². The highest BCUT2D eigenvalue weighted by Crippen LogP contribution is 2.20. The summed E-state index contributed by atoms with van der Waals surface area (Å²) in [7, 11) is 1.78. The van der Waals surface area contributed by atoms with Crippen molar-refractivity contribution in [2.75, 3.05) is 11.9 Å². The summed E-state index contributed by atoms with van der Waals surface area (Å²) < 4.78 is 28.9. The quantitative estimate of drug-likeness (QED) is 0.880. The number of carboxylic acid groups (broad SMARTS) is 1. The predicted molar refractivity (Wildman–Crippen MR) is 68.7 cm³/mol. The molecule has 0 aliphatic carbocycles. The van der Waals surface area contributed by atoms with Crippen LogP contribution < -0.4 is 5.32 Å². The van der Waals surface area contributed by atoms with Crippen LogP contribution in [0.15, 0.2) is 24.5 Å². The van der Waals surface area contributed by atoms with Gasteiger partial charge in [0.25, 0.3) is 0 Å². The first kappa shape index (κ1) is 14.0. The van der Waals surface area contributed by atoms with Crippen molar-refractivity contribution in [2.24, 2.45) is 7.05 Å². The largest absolute Gasteiger partial charge is 0.478 e. The zero-order valence-electron chi connectivity index (χ0n) is 10.7. The Morgan fingerprint density at radius 1 is 1.40 bits per heavy atom. The number of carboxylic acids is 1. The first-order valence-electron chi connectivity index (χ1n) is 5.91. The number of halogens is 2. The Bertz CT molecular complexity index is 617. The summed E-state index contributed by atoms with van der Waals surface area (Å²) in [5.74, 6) is -3.22. The highest BCUT2D eigenvalue weighted by Gasteiger charge is 2.14. The zero-order chi connectivity index (χ0) is 14.7. The maximum atomic E-state index is 13.6. The van der Waals surface area contributed by atoms with Crippen molar-refractivity contribution in [1.82, 2.24) is 9.78 Å². The lowest BCUT2D eigenvalue weighted by Crippen LogP contribution is -2.09. The summed E-state index contributed by atoms with van der Waals surface area (Å²) in [4.78, 5) is 10.7. The molecule has 0 atom stereocenters. The maximum absolute atomic E-state index is 13.6. The smallest absolute Gasteiger partial charge is 0.335 e. The molecule has 0 radical (unpaired) electrons. The van der Waals surface area contributed by atoms with Gasteiger partial charge in [-0.1, -0.05) is 0 Å². The van der Waals surface area contributed by atoms with Gasteiger partial charge in [-0.05, 0) is 24.1 Å². The van der Waals surface area contributed by atoms with Crippen molar-refractivity contribution in [2.45, 2.75) is 6.42 Å². The van der Waals surface area contributed by atoms with Crippen LogP contribution in [0.25, 0.3) is 0 Å². The van der Waals surface area contributed by atoms with Crippen molar-refractivity contribution >= 4 is 11.7 Å². The number of aromatic carboxylic acids is 1. The molecule has 20 heavy (non-hydrogen) atoms. The van der Waals surface area contributed by atoms with E-state index in [-0.39, 0.29) is 5.69 Å². The van der Waals surface area contributed by atoms with Crippen molar-refractivity contribution in [3.63, 3.8) is 0 Å². The van der Waals surface area contributed by atoms with Crippen molar-refractivity contribution in [3.8, 4) is 0 Å². The van der Waals surface area contributed by atoms with E-state index in [0.29, 0.717) is 13.0 Å². The lowest BCUT2D eigenvalue weighted by molar-refractivity contribution is 0.0696. The van der Waals surface area contributed by atoms with Crippen LogP contribution >= 0.6 is 0 Å². The van der Waals surface area contributed by atoms with Gasteiger partial charge in [0, 0.05) is 19.8 Å². The fourth-order valence-corrected chi connectivity index (χ4v) is 1.80. The lowest BCUT2D eigenvalue weighted by Gasteiger charge is -2.09. The van der Waals surface area contributed by atoms with Crippen LogP contribution in [0.1, 0.15) is 15.9 Å². The van der Waals surface area contributed by atoms with E-state index in [0.717, 1.165) is 17.7 Å². The molecule has 0 amide bonds. The van der Waals surface area contributed by atoms with Gasteiger partial charge >= 0.3 is 5.97 Å². The topological polar surface area (TPSA) is 67.2 Å². The van der Waals surface area contributed by atoms with Crippen LogP contribution in [0.4, 0.5) is 14.5 Å². The first-order valence-corrected chi connectivity index (χ1v) is 5.91. The molecule has 0 bridgehead atoms. The number of nitrogens with zero attached hydrogens (tertiary/aromatic N) is 2. The first-order chi connectivity index (χ1) is 9.47. The number of benzene rings is 1. The molecule has 0 saturated heterocycles. The van der Waals surface area contributed by atoms with E-state index in [1.165, 1.54) is 0 Å². The van der Waals surface area contributed by atoms with Gasteiger partial charge in [-0.2, -0.15) is 5.10 Å². The minimum Gasteiger partial charge on any atom is -0.478 e. The van der Waals surface area contributed by atoms with Gasteiger partial charge in [0.05, 0.1) is 11.8 Å². The molecule has 106 valence electrons. The fourth-order valence-electron chi connectivity index (χ4n) is 1.80. The molecule has 0 unspecified atom stereocenters. The van der Waals surface area contributed by atoms with Crippen LogP contribution in [-0.4, -0.2) is 27.4 Å². The molecule has 7 heteroatoms. The summed E-state index contributed by atoms with van der Waals surface area (Å²) in [6.45, 7) is 0.311. The number of anilines is 1. The Morgan fingerprint density at radius 3 is 2.55 bits per heavy atom. The van der Waals surface area contributed by atoms with Crippen LogP contribution in [0.3, 0.4) is 0 Å². The van der Waals surface area contributed by atoms with Gasteiger partial charge in [-0.3, -0.25) is 4.68 Å². The maximum Gasteiger partial charge on any atom is 0.335 e. The van der Waals surface area contributed by atoms with Gasteiger partial charge in [-0.15, -0.1) is 0 Å². The second kappa shape index (κ2) is 5.68. The number of rotatable bonds is 5. The Labute approximate surface area is 113 Å². The molecular formula is C13H13F2N3O2. The number of aromatic nitrogens is 2. The summed E-state index contributed by atoms with van der Waals surface area (Å²) in [6.07, 6.45) is 4.03. The molecule has 0 aliphatic heterocycles. The van der Waals surface area contributed by atoms with E-state index in [1.807, 2.05) is 6.20 Å². The van der Waals surface area contributed by atoms with Crippen LogP contribution in [0.5, 0.6) is 0 Å². The molecule has 0 fully saturated rings. The average Bonchev–Trinajstić information content (AvgIpc) is 2.78. The van der Waals surface area contributed by atoms with E-state index < -0.39 is 23.2 Å². The van der Waals surface area contributed by atoms with E-state index in [1.54, 1.807) is 17.9 Å². The normalized spacial score (nSPS) is 10.6. The standard InChI is InChI=1S/C13H13F2N3O2/c1-18-7-8(6-17-18)2-3-16-12-10(14)4-9(13(19)20)5-11(12)15/h4-7,16H,2-3H2,1H3,(H,19,20). The molecule has 0 spiro atoms. The second-order valence-corrected chi connectivity index (χ2v) is 4.32. The predicted octanol–water partition coefficient (Wildman–Crippen LogP) is 2.05. The number of hydrogen-bond donors (Lipinski definition) is 2. The molecule has 0 saturated carbocycles. The van der Waals surface area contributed by atoms with E-state index in [2.05, 4.69) is 10.4 Å². The van der Waals surface area contributed by atoms with Crippen molar-refractivity contribution < 1.29 is 18.7 Å². The minimum atomic E-state index is -1.37. The van der Waals surface area contributed by atoms with Gasteiger partial charge in [0.2, 0.25) is 0 Å². The van der Waals surface area contributed by atoms with Crippen LogP contribution in [-0.2, 0) is 13.5 Å². The molecule has 2 rings (SSSR count). The van der Waals surface area contributed by atoms with E-state index in [9.17, 15) is 13.6 Å². The van der Waals surface area contributed by atoms with E-state index >= 15 is 0 Å². The van der Waals surface area contributed by atoms with E-state index in [4.69, 9.17) is 5.11 Å². The van der Waals surface area contributed by atoms with Crippen LogP contribution in [0.2, 0.25) is 0 Å². The lowest BCUT2D eigenvalue weighted by atomic mass is 10.1. The van der Waals surface area contributed by atoms with Gasteiger partial charge in [0.15, 0.2) is 0 Å². The highest BCUT2D eigenvalue weighted by molar-refractivity contribution is 5.88. The Hall–Kier alpha value is -2.44. The third kappa shape index (κ3) is 3.11. The monoisotopic (exact) mass is 281 g/mol. The summed E-state index contributed by atoms with van der Waals surface area (Å²) in [5, 5.41) is 15.3. The summed E-state index contributed by atoms with van der Waals surface area (Å²) in [6, 6.07) is 1.58. The number of hydrogen-bond acceptors (Lipinski definition) is 3. The molecule has 1 aromatic heterocycles. The fraction of sp³-hybridized carbons (Fsp3) is 0.231. The Kier molecular flexibility index (Phi) is 3.97.